The number of nitrogens with one attached hydrogen (secondary N) is 1. The highest BCUT2D eigenvalue weighted by Crippen LogP contribution is 2.24. The predicted molar refractivity (Wildman–Crippen MR) is 54.3 cm³/mol. The van der Waals surface area contributed by atoms with Crippen LogP contribution in [0.5, 0.6) is 0 Å². The topological polar surface area (TPSA) is 102 Å². The van der Waals surface area contributed by atoms with Gasteiger partial charge in [-0.15, -0.1) is 0 Å². The maximum Gasteiger partial charge on any atom is 0.300 e. The molecular weight excluding hydrogens is 200 g/mol. The maximum atomic E-state index is 9.00. The van der Waals surface area contributed by atoms with Gasteiger partial charge in [0.1, 0.15) is 0 Å². The lowest BCUT2D eigenvalue weighted by atomic mass is 9.82. The quantitative estimate of drug-likeness (QED) is 0.391. The fourth-order valence-electron chi connectivity index (χ4n) is 1.47. The number of rotatable bonds is 1. The summed E-state index contributed by atoms with van der Waals surface area (Å²) >= 11 is 0. The summed E-state index contributed by atoms with van der Waals surface area (Å²) in [6.45, 7) is 2.92. The van der Waals surface area contributed by atoms with Gasteiger partial charge in [-0.25, -0.2) is 0 Å². The predicted octanol–water partition coefficient (Wildman–Crippen LogP) is 1.22. The van der Waals surface area contributed by atoms with Crippen molar-refractivity contribution in [3.8, 4) is 0 Å². The molecule has 6 nitrogen and oxygen atoms in total. The second-order valence-electron chi connectivity index (χ2n) is 3.72. The molecule has 0 amide bonds. The van der Waals surface area contributed by atoms with Crippen LogP contribution in [0, 0.1) is 0 Å². The Labute approximate surface area is 88.6 Å². The third kappa shape index (κ3) is 4.75. The zero-order valence-corrected chi connectivity index (χ0v) is 9.03. The van der Waals surface area contributed by atoms with Crippen molar-refractivity contribution in [2.75, 3.05) is 0 Å². The Balaban J connectivity index is 0.000000423. The fraction of sp³-hybridized carbons (Fsp3) is 0.778. The van der Waals surface area contributed by atoms with Crippen LogP contribution in [0.15, 0.2) is 5.16 Å². The van der Waals surface area contributed by atoms with Crippen molar-refractivity contribution in [2.24, 2.45) is 5.16 Å². The molecule has 0 aromatic rings. The van der Waals surface area contributed by atoms with Gasteiger partial charge < -0.3 is 15.5 Å². The molecule has 0 aliphatic heterocycles. The minimum atomic E-state index is -0.833. The first-order chi connectivity index (χ1) is 6.96. The monoisotopic (exact) mass is 218 g/mol. The van der Waals surface area contributed by atoms with Crippen molar-refractivity contribution >= 4 is 11.7 Å². The minimum Gasteiger partial charge on any atom is -0.481 e. The van der Waals surface area contributed by atoms with Gasteiger partial charge in [-0.05, 0) is 26.2 Å². The number of hydroxylamine groups is 1. The maximum absolute atomic E-state index is 9.00. The van der Waals surface area contributed by atoms with E-state index >= 15 is 0 Å². The Bertz CT molecular complexity index is 238. The molecule has 88 valence electrons. The number of hydrogen-bond donors (Lipinski definition) is 4. The van der Waals surface area contributed by atoms with Crippen LogP contribution >= 0.6 is 0 Å². The molecule has 1 saturated carbocycles. The Morgan fingerprint density at radius 3 is 2.40 bits per heavy atom. The fourth-order valence-corrected chi connectivity index (χ4v) is 1.47. The molecule has 4 N–H and O–H groups in total. The molecule has 0 bridgehead atoms. The molecule has 0 saturated heterocycles. The van der Waals surface area contributed by atoms with E-state index < -0.39 is 11.5 Å². The minimum absolute atomic E-state index is 0.507. The second kappa shape index (κ2) is 6.36. The summed E-state index contributed by atoms with van der Waals surface area (Å²) in [5.74, 6) is -0.833. The summed E-state index contributed by atoms with van der Waals surface area (Å²) in [5.41, 5.74) is 2.33. The van der Waals surface area contributed by atoms with E-state index in [4.69, 9.17) is 20.3 Å². The highest BCUT2D eigenvalue weighted by molar-refractivity contribution is 5.93. The van der Waals surface area contributed by atoms with E-state index in [1.54, 1.807) is 0 Å². The zero-order chi connectivity index (χ0) is 11.9. The van der Waals surface area contributed by atoms with E-state index in [0.717, 1.165) is 32.6 Å². The first-order valence-electron chi connectivity index (χ1n) is 4.78. The van der Waals surface area contributed by atoms with Crippen molar-refractivity contribution in [3.05, 3.63) is 0 Å². The largest absolute Gasteiger partial charge is 0.481 e. The Hall–Kier alpha value is -1.14. The third-order valence-corrected chi connectivity index (χ3v) is 2.34. The highest BCUT2D eigenvalue weighted by atomic mass is 16.5. The van der Waals surface area contributed by atoms with Crippen molar-refractivity contribution in [3.63, 3.8) is 0 Å². The van der Waals surface area contributed by atoms with Gasteiger partial charge in [0.15, 0.2) is 0 Å². The molecule has 1 aliphatic rings. The Morgan fingerprint density at radius 2 is 2.07 bits per heavy atom. The molecule has 1 atom stereocenters. The lowest BCUT2D eigenvalue weighted by Gasteiger charge is -2.32. The molecule has 0 spiro atoms. The number of carbonyl (C=O) groups is 1. The van der Waals surface area contributed by atoms with Crippen LogP contribution in [0.3, 0.4) is 0 Å². The standard InChI is InChI=1S/C7H14N2O2.C2H4O2/c1-7(9-11)5-3-2-4-6(7)8-10;1-2(3)4/h9-11H,2-5H2,1H3;1H3,(H,3,4)/b8-6-;. The molecule has 1 unspecified atom stereocenters. The van der Waals surface area contributed by atoms with Gasteiger partial charge >= 0.3 is 0 Å². The first kappa shape index (κ1) is 13.9. The van der Waals surface area contributed by atoms with Gasteiger partial charge in [0.2, 0.25) is 0 Å². The number of nitrogens with zero attached hydrogens (tertiary/aromatic N) is 1. The Kier molecular flexibility index (Phi) is 5.88. The van der Waals surface area contributed by atoms with Crippen molar-refractivity contribution in [1.29, 1.82) is 0 Å². The summed E-state index contributed by atoms with van der Waals surface area (Å²) in [7, 11) is 0. The number of hydrogen-bond acceptors (Lipinski definition) is 5. The van der Waals surface area contributed by atoms with Crippen molar-refractivity contribution in [1.82, 2.24) is 5.48 Å². The average molecular weight is 218 g/mol. The van der Waals surface area contributed by atoms with Gasteiger partial charge in [0.05, 0.1) is 11.3 Å². The van der Waals surface area contributed by atoms with E-state index in [9.17, 15) is 0 Å². The summed E-state index contributed by atoms with van der Waals surface area (Å²) in [6, 6.07) is 0. The molecule has 1 rings (SSSR count). The summed E-state index contributed by atoms with van der Waals surface area (Å²) in [5, 5.41) is 28.0. The van der Waals surface area contributed by atoms with Crippen LogP contribution in [0.4, 0.5) is 0 Å². The number of oxime groups is 1. The summed E-state index contributed by atoms with van der Waals surface area (Å²) in [6.07, 6.45) is 3.68. The molecule has 1 aliphatic carbocycles. The van der Waals surface area contributed by atoms with Crippen LogP contribution in [-0.4, -0.2) is 32.7 Å². The number of carboxylic acid groups (broad SMARTS) is 1. The lowest BCUT2D eigenvalue weighted by Crippen LogP contribution is -2.49. The SMILES string of the molecule is CC(=O)O.CC1(NO)CCCC/C1=N/O. The molecule has 1 fully saturated rings. The molecule has 6 heteroatoms. The zero-order valence-electron chi connectivity index (χ0n) is 9.03. The molecule has 15 heavy (non-hydrogen) atoms. The number of aliphatic carboxylic acids is 1. The molecule has 0 aromatic heterocycles. The molecular formula is C9H18N2O4. The van der Waals surface area contributed by atoms with Gasteiger partial charge in [-0.3, -0.25) is 4.79 Å². The smallest absolute Gasteiger partial charge is 0.300 e. The molecule has 0 radical (unpaired) electrons. The first-order valence-corrected chi connectivity index (χ1v) is 4.78. The average Bonchev–Trinajstić information content (AvgIpc) is 2.18. The van der Waals surface area contributed by atoms with Gasteiger partial charge in [-0.1, -0.05) is 11.6 Å². The van der Waals surface area contributed by atoms with E-state index in [-0.39, 0.29) is 0 Å². The van der Waals surface area contributed by atoms with Crippen LogP contribution in [0.2, 0.25) is 0 Å². The van der Waals surface area contributed by atoms with E-state index in [0.29, 0.717) is 5.71 Å². The highest BCUT2D eigenvalue weighted by Gasteiger charge is 2.32. The van der Waals surface area contributed by atoms with Crippen molar-refractivity contribution < 1.29 is 20.3 Å². The van der Waals surface area contributed by atoms with E-state index in [2.05, 4.69) is 10.6 Å². The van der Waals surface area contributed by atoms with Gasteiger partial charge in [0.25, 0.3) is 5.97 Å². The van der Waals surface area contributed by atoms with E-state index in [1.807, 2.05) is 6.92 Å². The summed E-state index contributed by atoms with van der Waals surface area (Å²) < 4.78 is 0. The summed E-state index contributed by atoms with van der Waals surface area (Å²) in [4.78, 5) is 9.00. The normalized spacial score (nSPS) is 28.1. The van der Waals surface area contributed by atoms with Crippen LogP contribution in [0.1, 0.15) is 39.5 Å². The van der Waals surface area contributed by atoms with Crippen LogP contribution in [-0.2, 0) is 4.79 Å². The van der Waals surface area contributed by atoms with Gasteiger partial charge in [-0.2, -0.15) is 5.48 Å². The van der Waals surface area contributed by atoms with E-state index in [1.165, 1.54) is 0 Å². The Morgan fingerprint density at radius 1 is 1.53 bits per heavy atom. The van der Waals surface area contributed by atoms with Crippen LogP contribution < -0.4 is 5.48 Å². The van der Waals surface area contributed by atoms with Crippen LogP contribution in [0.25, 0.3) is 0 Å². The van der Waals surface area contributed by atoms with Crippen molar-refractivity contribution in [2.45, 2.75) is 45.1 Å². The lowest BCUT2D eigenvalue weighted by molar-refractivity contribution is -0.134. The second-order valence-corrected chi connectivity index (χ2v) is 3.72. The molecule has 0 heterocycles. The third-order valence-electron chi connectivity index (χ3n) is 2.34. The molecule has 0 aromatic carbocycles. The van der Waals surface area contributed by atoms with Gasteiger partial charge in [0, 0.05) is 6.92 Å². The number of carboxylic acids is 1.